The van der Waals surface area contributed by atoms with Crippen molar-refractivity contribution in [3.8, 4) is 0 Å². The van der Waals surface area contributed by atoms with Crippen LogP contribution in [-0.2, 0) is 0 Å². The number of halogens is 1. The van der Waals surface area contributed by atoms with Gasteiger partial charge in [0, 0.05) is 36.0 Å². The fourth-order valence-corrected chi connectivity index (χ4v) is 2.86. The van der Waals surface area contributed by atoms with Gasteiger partial charge in [-0.1, -0.05) is 11.6 Å². The maximum atomic E-state index is 9.07. The van der Waals surface area contributed by atoms with Crippen LogP contribution in [0.5, 0.6) is 0 Å². The zero-order chi connectivity index (χ0) is 13.8. The molecular formula is C14H20ClN3O. The minimum Gasteiger partial charge on any atom is -0.396 e. The molecule has 104 valence electrons. The fourth-order valence-electron chi connectivity index (χ4n) is 2.70. The first-order chi connectivity index (χ1) is 9.11. The SMILES string of the molecule is N=C(N)c1ccc(Cl)cc1N1CCCC(CCO)C1. The van der Waals surface area contributed by atoms with Crippen LogP contribution in [0.4, 0.5) is 5.69 Å². The Morgan fingerprint density at radius 1 is 1.53 bits per heavy atom. The molecule has 0 saturated carbocycles. The molecule has 1 fully saturated rings. The second-order valence-corrected chi connectivity index (χ2v) is 5.48. The number of nitrogens with zero attached hydrogens (tertiary/aromatic N) is 1. The van der Waals surface area contributed by atoms with Crippen LogP contribution in [0.2, 0.25) is 5.02 Å². The molecule has 1 aromatic rings. The molecule has 0 bridgehead atoms. The van der Waals surface area contributed by atoms with E-state index in [0.717, 1.165) is 43.6 Å². The zero-order valence-corrected chi connectivity index (χ0v) is 11.7. The lowest BCUT2D eigenvalue weighted by atomic mass is 9.94. The lowest BCUT2D eigenvalue weighted by Crippen LogP contribution is -2.37. The molecule has 1 heterocycles. The van der Waals surface area contributed by atoms with E-state index in [1.54, 1.807) is 12.1 Å². The Balaban J connectivity index is 2.24. The Bertz CT molecular complexity index is 462. The minimum absolute atomic E-state index is 0.0657. The van der Waals surface area contributed by atoms with E-state index in [9.17, 15) is 0 Å². The summed E-state index contributed by atoms with van der Waals surface area (Å²) in [6.07, 6.45) is 3.06. The van der Waals surface area contributed by atoms with E-state index >= 15 is 0 Å². The van der Waals surface area contributed by atoms with Gasteiger partial charge in [0.05, 0.1) is 0 Å². The van der Waals surface area contributed by atoms with E-state index in [0.29, 0.717) is 10.9 Å². The quantitative estimate of drug-likeness (QED) is 0.585. The number of nitrogens with two attached hydrogens (primary N) is 1. The topological polar surface area (TPSA) is 73.3 Å². The number of rotatable bonds is 4. The number of amidine groups is 1. The van der Waals surface area contributed by atoms with Gasteiger partial charge in [0.15, 0.2) is 0 Å². The number of nitrogens with one attached hydrogen (secondary N) is 1. The first kappa shape index (κ1) is 14.2. The third-order valence-corrected chi connectivity index (χ3v) is 3.88. The number of aliphatic hydroxyl groups is 1. The van der Waals surface area contributed by atoms with Gasteiger partial charge in [-0.3, -0.25) is 5.41 Å². The van der Waals surface area contributed by atoms with Crippen molar-refractivity contribution in [2.24, 2.45) is 11.7 Å². The number of piperidine rings is 1. The van der Waals surface area contributed by atoms with Crippen molar-refractivity contribution in [2.45, 2.75) is 19.3 Å². The lowest BCUT2D eigenvalue weighted by molar-refractivity contribution is 0.244. The maximum absolute atomic E-state index is 9.07. The molecule has 0 radical (unpaired) electrons. The molecule has 1 unspecified atom stereocenters. The standard InChI is InChI=1S/C14H20ClN3O/c15-11-3-4-12(14(16)17)13(8-11)18-6-1-2-10(9-18)5-7-19/h3-4,8,10,19H,1-2,5-7,9H2,(H3,16,17). The van der Waals surface area contributed by atoms with E-state index in [2.05, 4.69) is 4.90 Å². The average Bonchev–Trinajstić information content (AvgIpc) is 2.39. The van der Waals surface area contributed by atoms with Crippen LogP contribution in [0.3, 0.4) is 0 Å². The Kier molecular flexibility index (Phi) is 4.66. The number of benzene rings is 1. The molecule has 1 aliphatic heterocycles. The first-order valence-electron chi connectivity index (χ1n) is 6.61. The zero-order valence-electron chi connectivity index (χ0n) is 10.9. The molecule has 1 aliphatic rings. The van der Waals surface area contributed by atoms with Gasteiger partial charge < -0.3 is 15.7 Å². The number of nitrogen functional groups attached to an aromatic ring is 1. The van der Waals surface area contributed by atoms with Crippen molar-refractivity contribution in [2.75, 3.05) is 24.6 Å². The highest BCUT2D eigenvalue weighted by molar-refractivity contribution is 6.31. The Morgan fingerprint density at radius 2 is 2.32 bits per heavy atom. The molecule has 0 amide bonds. The van der Waals surface area contributed by atoms with Crippen LogP contribution in [0.1, 0.15) is 24.8 Å². The van der Waals surface area contributed by atoms with Crippen LogP contribution in [0, 0.1) is 11.3 Å². The molecule has 1 atom stereocenters. The summed E-state index contributed by atoms with van der Waals surface area (Å²) in [7, 11) is 0. The highest BCUT2D eigenvalue weighted by Crippen LogP contribution is 2.29. The Hall–Kier alpha value is -1.26. The molecule has 4 N–H and O–H groups in total. The summed E-state index contributed by atoms with van der Waals surface area (Å²) in [6.45, 7) is 2.07. The summed E-state index contributed by atoms with van der Waals surface area (Å²) in [6, 6.07) is 5.44. The van der Waals surface area contributed by atoms with E-state index in [4.69, 9.17) is 27.9 Å². The van der Waals surface area contributed by atoms with E-state index in [-0.39, 0.29) is 12.4 Å². The normalized spacial score (nSPS) is 19.5. The average molecular weight is 282 g/mol. The monoisotopic (exact) mass is 281 g/mol. The number of anilines is 1. The van der Waals surface area contributed by atoms with Gasteiger partial charge in [-0.05, 0) is 43.4 Å². The summed E-state index contributed by atoms with van der Waals surface area (Å²) in [5.74, 6) is 0.563. The third-order valence-electron chi connectivity index (χ3n) is 3.65. The molecule has 1 aromatic carbocycles. The van der Waals surface area contributed by atoms with Crippen molar-refractivity contribution in [1.82, 2.24) is 0 Å². The number of aliphatic hydroxyl groups excluding tert-OH is 1. The van der Waals surface area contributed by atoms with Crippen molar-refractivity contribution in [1.29, 1.82) is 5.41 Å². The van der Waals surface area contributed by atoms with Gasteiger partial charge >= 0.3 is 0 Å². The molecule has 4 nitrogen and oxygen atoms in total. The van der Waals surface area contributed by atoms with Crippen molar-refractivity contribution >= 4 is 23.1 Å². The predicted molar refractivity (Wildman–Crippen MR) is 79.1 cm³/mol. The summed E-state index contributed by atoms with van der Waals surface area (Å²) >= 11 is 6.06. The van der Waals surface area contributed by atoms with Crippen molar-refractivity contribution in [3.05, 3.63) is 28.8 Å². The van der Waals surface area contributed by atoms with E-state index < -0.39 is 0 Å². The Morgan fingerprint density at radius 3 is 3.00 bits per heavy atom. The molecular weight excluding hydrogens is 262 g/mol. The van der Waals surface area contributed by atoms with Gasteiger partial charge in [0.2, 0.25) is 0 Å². The van der Waals surface area contributed by atoms with E-state index in [1.165, 1.54) is 0 Å². The van der Waals surface area contributed by atoms with Crippen LogP contribution in [0.25, 0.3) is 0 Å². The summed E-state index contributed by atoms with van der Waals surface area (Å²) in [4.78, 5) is 2.23. The minimum atomic E-state index is 0.0657. The van der Waals surface area contributed by atoms with Gasteiger partial charge in [-0.25, -0.2) is 0 Å². The highest BCUT2D eigenvalue weighted by Gasteiger charge is 2.22. The second kappa shape index (κ2) is 6.26. The largest absolute Gasteiger partial charge is 0.396 e. The number of hydrogen-bond acceptors (Lipinski definition) is 3. The summed E-state index contributed by atoms with van der Waals surface area (Å²) in [5.41, 5.74) is 7.30. The van der Waals surface area contributed by atoms with Gasteiger partial charge in [0.25, 0.3) is 0 Å². The van der Waals surface area contributed by atoms with Crippen LogP contribution in [-0.4, -0.2) is 30.6 Å². The molecule has 0 aliphatic carbocycles. The maximum Gasteiger partial charge on any atom is 0.124 e. The molecule has 1 saturated heterocycles. The molecule has 0 aromatic heterocycles. The van der Waals surface area contributed by atoms with Crippen LogP contribution in [0.15, 0.2) is 18.2 Å². The second-order valence-electron chi connectivity index (χ2n) is 5.04. The predicted octanol–water partition coefficient (Wildman–Crippen LogP) is 2.22. The Labute approximate surface area is 118 Å². The fraction of sp³-hybridized carbons (Fsp3) is 0.500. The number of hydrogen-bond donors (Lipinski definition) is 3. The third kappa shape index (κ3) is 3.39. The summed E-state index contributed by atoms with van der Waals surface area (Å²) < 4.78 is 0. The molecule has 19 heavy (non-hydrogen) atoms. The van der Waals surface area contributed by atoms with Crippen molar-refractivity contribution < 1.29 is 5.11 Å². The van der Waals surface area contributed by atoms with Crippen LogP contribution < -0.4 is 10.6 Å². The molecule has 5 heteroatoms. The van der Waals surface area contributed by atoms with Crippen LogP contribution >= 0.6 is 11.6 Å². The molecule has 2 rings (SSSR count). The lowest BCUT2D eigenvalue weighted by Gasteiger charge is -2.35. The van der Waals surface area contributed by atoms with Gasteiger partial charge in [0.1, 0.15) is 5.84 Å². The van der Waals surface area contributed by atoms with Crippen molar-refractivity contribution in [3.63, 3.8) is 0 Å². The van der Waals surface area contributed by atoms with E-state index in [1.807, 2.05) is 6.07 Å². The smallest absolute Gasteiger partial charge is 0.124 e. The first-order valence-corrected chi connectivity index (χ1v) is 6.99. The van der Waals surface area contributed by atoms with Gasteiger partial charge in [-0.15, -0.1) is 0 Å². The molecule has 0 spiro atoms. The van der Waals surface area contributed by atoms with Gasteiger partial charge in [-0.2, -0.15) is 0 Å². The summed E-state index contributed by atoms with van der Waals surface area (Å²) in [5, 5.41) is 17.4. The highest BCUT2D eigenvalue weighted by atomic mass is 35.5.